The van der Waals surface area contributed by atoms with Crippen molar-refractivity contribution in [2.75, 3.05) is 74.5 Å². The Bertz CT molecular complexity index is 2120. The van der Waals surface area contributed by atoms with Gasteiger partial charge in [-0.1, -0.05) is 154 Å². The Kier molecular flexibility index (Phi) is 18.0. The van der Waals surface area contributed by atoms with E-state index >= 15 is 0 Å². The van der Waals surface area contributed by atoms with Crippen LogP contribution in [0.15, 0.2) is 70.9 Å². The number of ether oxygens (including phenoxy) is 2. The van der Waals surface area contributed by atoms with Crippen molar-refractivity contribution in [1.82, 2.24) is 4.90 Å². The lowest BCUT2D eigenvalue weighted by Crippen LogP contribution is -2.51. The highest BCUT2D eigenvalue weighted by molar-refractivity contribution is 5.71. The van der Waals surface area contributed by atoms with E-state index in [1.165, 1.54) is 62.5 Å². The summed E-state index contributed by atoms with van der Waals surface area (Å²) < 4.78 is 13.8. The molecule has 0 heterocycles. The van der Waals surface area contributed by atoms with E-state index in [1.54, 1.807) is 11.1 Å². The van der Waals surface area contributed by atoms with E-state index in [-0.39, 0.29) is 35.0 Å². The van der Waals surface area contributed by atoms with Crippen LogP contribution in [0, 0.1) is 92.7 Å². The predicted molar refractivity (Wildman–Crippen MR) is 316 cm³/mol. The van der Waals surface area contributed by atoms with Gasteiger partial charge in [0.05, 0.1) is 41.3 Å². The van der Waals surface area contributed by atoms with Crippen LogP contribution in [-0.2, 0) is 19.1 Å². The van der Waals surface area contributed by atoms with Gasteiger partial charge >= 0.3 is 11.9 Å². The molecule has 0 aliphatic heterocycles. The second-order valence-electron chi connectivity index (χ2n) is 30.6. The highest BCUT2D eigenvalue weighted by atomic mass is 16.5. The molecule has 426 valence electrons. The van der Waals surface area contributed by atoms with Crippen LogP contribution in [0.1, 0.15) is 173 Å². The third kappa shape index (κ3) is 12.3. The molecule has 0 N–H and O–H groups in total. The molecule has 0 aromatic carbocycles. The van der Waals surface area contributed by atoms with Crippen molar-refractivity contribution < 1.29 is 28.0 Å². The molecule has 8 aliphatic carbocycles. The maximum Gasteiger partial charge on any atom is 0.362 e. The standard InChI is InChI=1S/C69H113N3O4/c1-46(2)48(5)18-20-50(7)58-26-28-60-56-24-22-52-42-54(30-34-66(52,9)62(56)32-36-68(58,60)11)75-64(73)44-71(14,15)40-38-70(13)39-41-72(16,17)45-65(74)76-55-31-35-67(10)53(43-55)23-25-57-61-29-27-59(69(61,12)37-33-63(57)67)51(8)21-19-49(6)47(3)4/h18-25,46-51,54-55,58-63H,26-45H2,1-17H3/q+2/t48-,49-,50+,51+,54-,55-,58+,59+,60-,61-,62-,63-,66-,67-,68+,69+/m0/s1. The van der Waals surface area contributed by atoms with E-state index in [0.29, 0.717) is 92.1 Å². The van der Waals surface area contributed by atoms with Crippen molar-refractivity contribution >= 4 is 11.9 Å². The van der Waals surface area contributed by atoms with Gasteiger partial charge in [0.15, 0.2) is 13.1 Å². The molecule has 0 amide bonds. The zero-order valence-corrected chi connectivity index (χ0v) is 51.8. The molecule has 0 bridgehead atoms. The molecule has 0 aromatic rings. The molecule has 0 unspecified atom stereocenters. The Hall–Kier alpha value is -2.74. The molecule has 0 spiro atoms. The summed E-state index contributed by atoms with van der Waals surface area (Å²) in [6, 6.07) is 0. The van der Waals surface area contributed by atoms with Crippen LogP contribution in [0.2, 0.25) is 0 Å². The van der Waals surface area contributed by atoms with Gasteiger partial charge in [-0.2, -0.15) is 0 Å². The van der Waals surface area contributed by atoms with Crippen LogP contribution in [0.25, 0.3) is 0 Å². The average molecular weight is 1050 g/mol. The number of carbonyl (C=O) groups excluding carboxylic acids is 2. The molecule has 6 fully saturated rings. The van der Waals surface area contributed by atoms with Crippen LogP contribution in [0.3, 0.4) is 0 Å². The monoisotopic (exact) mass is 1050 g/mol. The lowest BCUT2D eigenvalue weighted by molar-refractivity contribution is -0.885. The molecule has 8 rings (SSSR count). The molecular weight excluding hydrogens is 935 g/mol. The topological polar surface area (TPSA) is 55.8 Å². The molecule has 16 atom stereocenters. The maximum atomic E-state index is 13.6. The van der Waals surface area contributed by atoms with Gasteiger partial charge in [0.2, 0.25) is 0 Å². The summed E-state index contributed by atoms with van der Waals surface area (Å²) in [5, 5.41) is 0. The van der Waals surface area contributed by atoms with Gasteiger partial charge in [-0.05, 0) is 177 Å². The van der Waals surface area contributed by atoms with Gasteiger partial charge in [0, 0.05) is 25.9 Å². The van der Waals surface area contributed by atoms with Crippen LogP contribution in [0.5, 0.6) is 0 Å². The molecular formula is C69H113N3O4+2. The summed E-state index contributed by atoms with van der Waals surface area (Å²) in [6.07, 6.45) is 36.4. The van der Waals surface area contributed by atoms with Gasteiger partial charge in [0.1, 0.15) is 12.2 Å². The van der Waals surface area contributed by atoms with Crippen LogP contribution in [-0.4, -0.2) is 113 Å². The molecule has 7 nitrogen and oxygen atoms in total. The first-order valence-corrected chi connectivity index (χ1v) is 31.5. The number of hydrogen-bond acceptors (Lipinski definition) is 5. The number of likely N-dealkylation sites (N-methyl/N-ethyl adjacent to an activating group) is 3. The predicted octanol–water partition coefficient (Wildman–Crippen LogP) is 14.9. The van der Waals surface area contributed by atoms with E-state index < -0.39 is 0 Å². The Morgan fingerprint density at radius 3 is 1.29 bits per heavy atom. The Labute approximate surface area is 466 Å². The number of carbonyl (C=O) groups is 2. The first kappa shape index (κ1) is 59.4. The summed E-state index contributed by atoms with van der Waals surface area (Å²) in [7, 11) is 10.8. The van der Waals surface area contributed by atoms with E-state index in [9.17, 15) is 9.59 Å². The Morgan fingerprint density at radius 2 is 0.921 bits per heavy atom. The minimum atomic E-state index is -0.0745. The number of esters is 2. The summed E-state index contributed by atoms with van der Waals surface area (Å²) in [4.78, 5) is 29.6. The summed E-state index contributed by atoms with van der Waals surface area (Å²) >= 11 is 0. The lowest BCUT2D eigenvalue weighted by atomic mass is 9.50. The highest BCUT2D eigenvalue weighted by Gasteiger charge is 2.59. The smallest absolute Gasteiger partial charge is 0.362 e. The molecule has 6 saturated carbocycles. The number of nitrogens with zero attached hydrogens (tertiary/aromatic N) is 3. The van der Waals surface area contributed by atoms with Gasteiger partial charge in [-0.25, -0.2) is 9.59 Å². The van der Waals surface area contributed by atoms with Crippen LogP contribution < -0.4 is 0 Å². The second kappa shape index (κ2) is 23.0. The quantitative estimate of drug-likeness (QED) is 0.0691. The van der Waals surface area contributed by atoms with Crippen LogP contribution >= 0.6 is 0 Å². The third-order valence-electron chi connectivity index (χ3n) is 23.9. The minimum Gasteiger partial charge on any atom is -0.458 e. The van der Waals surface area contributed by atoms with Gasteiger partial charge < -0.3 is 18.4 Å². The van der Waals surface area contributed by atoms with E-state index in [0.717, 1.165) is 76.5 Å². The fraction of sp³-hybridized carbons (Fsp3) is 0.797. The minimum absolute atomic E-state index is 0.0378. The highest BCUT2D eigenvalue weighted by Crippen LogP contribution is 2.68. The van der Waals surface area contributed by atoms with E-state index in [4.69, 9.17) is 9.47 Å². The van der Waals surface area contributed by atoms with Gasteiger partial charge in [-0.15, -0.1) is 0 Å². The maximum absolute atomic E-state index is 13.6. The number of fused-ring (bicyclic) bond motifs is 10. The molecule has 0 saturated heterocycles. The van der Waals surface area contributed by atoms with E-state index in [2.05, 4.69) is 172 Å². The molecule has 76 heavy (non-hydrogen) atoms. The SMILES string of the molecule is CC(C)[C@@H](C)C=C[C@@H](C)[C@H]1CC[C@H]2C3=CC=C4C[C@@H](OC(=O)C[N+](C)(C)CCN(C)CC[N+](C)(C)CC(=O)O[C@H]5CC[C@@]6(C)C(=CC=C7[C@@H]8CC[C@H]([C@H](C)C=C[C@H](C)C(C)C)[C@@]8(C)CC[C@@H]76)C5)CC[C@]4(C)[C@H]3CC[C@]12C. The van der Waals surface area contributed by atoms with Crippen molar-refractivity contribution in [3.05, 3.63) is 70.9 Å². The number of rotatable bonds is 20. The van der Waals surface area contributed by atoms with Gasteiger partial charge in [0.25, 0.3) is 0 Å². The van der Waals surface area contributed by atoms with Crippen molar-refractivity contribution in [3.63, 3.8) is 0 Å². The molecule has 0 radical (unpaired) electrons. The third-order valence-corrected chi connectivity index (χ3v) is 23.9. The first-order chi connectivity index (χ1) is 35.6. The normalized spacial score (nSPS) is 37.0. The second-order valence-corrected chi connectivity index (χ2v) is 30.6. The fourth-order valence-corrected chi connectivity index (χ4v) is 17.7. The van der Waals surface area contributed by atoms with Crippen molar-refractivity contribution in [2.24, 2.45) is 92.7 Å². The summed E-state index contributed by atoms with van der Waals surface area (Å²) in [5.41, 5.74) is 7.61. The average Bonchev–Trinajstić information content (AvgIpc) is 4.00. The molecule has 8 aliphatic rings. The van der Waals surface area contributed by atoms with Gasteiger partial charge in [-0.3, -0.25) is 4.90 Å². The largest absolute Gasteiger partial charge is 0.458 e. The lowest BCUT2D eigenvalue weighted by Gasteiger charge is -2.55. The fourth-order valence-electron chi connectivity index (χ4n) is 17.7. The van der Waals surface area contributed by atoms with E-state index in [1.807, 2.05) is 0 Å². The van der Waals surface area contributed by atoms with Crippen molar-refractivity contribution in [3.8, 4) is 0 Å². The number of quaternary nitrogens is 2. The zero-order chi connectivity index (χ0) is 55.3. The van der Waals surface area contributed by atoms with Crippen molar-refractivity contribution in [2.45, 2.75) is 185 Å². The summed E-state index contributed by atoms with van der Waals surface area (Å²) in [5.74, 6) is 7.84. The number of hydrogen-bond donors (Lipinski definition) is 0. The Morgan fingerprint density at radius 1 is 0.539 bits per heavy atom. The zero-order valence-electron chi connectivity index (χ0n) is 51.8. The Balaban J connectivity index is 0.759. The first-order valence-electron chi connectivity index (χ1n) is 31.5. The summed E-state index contributed by atoms with van der Waals surface area (Å²) in [6.45, 7) is 33.5. The number of allylic oxidation sites excluding steroid dienone is 10. The molecule has 7 heteroatoms. The van der Waals surface area contributed by atoms with Crippen molar-refractivity contribution in [1.29, 1.82) is 0 Å². The molecule has 0 aromatic heterocycles. The van der Waals surface area contributed by atoms with Crippen LogP contribution in [0.4, 0.5) is 0 Å².